The topological polar surface area (TPSA) is 91.7 Å². The van der Waals surface area contributed by atoms with E-state index in [9.17, 15) is 9.59 Å². The van der Waals surface area contributed by atoms with Crippen molar-refractivity contribution in [2.45, 2.75) is 13.8 Å². The molecule has 0 saturated carbocycles. The molecule has 0 spiro atoms. The monoisotopic (exact) mass is 421 g/mol. The van der Waals surface area contributed by atoms with E-state index in [1.165, 1.54) is 18.1 Å². The lowest BCUT2D eigenvalue weighted by atomic mass is 10.0. The zero-order valence-corrected chi connectivity index (χ0v) is 17.5. The minimum absolute atomic E-state index is 0.0308. The number of carbonyl (C=O) groups is 2. The summed E-state index contributed by atoms with van der Waals surface area (Å²) in [6, 6.07) is 12.3. The second kappa shape index (κ2) is 8.76. The lowest BCUT2D eigenvalue weighted by Gasteiger charge is -2.29. The van der Waals surface area contributed by atoms with Crippen LogP contribution in [0.4, 0.5) is 5.69 Å². The second-order valence-corrected chi connectivity index (χ2v) is 6.97. The molecule has 0 unspecified atom stereocenters. The summed E-state index contributed by atoms with van der Waals surface area (Å²) in [4.78, 5) is 26.9. The van der Waals surface area contributed by atoms with Crippen LogP contribution in [-0.4, -0.2) is 30.6 Å². The maximum atomic E-state index is 13.1. The molecule has 0 bridgehead atoms. The number of nitrogens with zero attached hydrogens (tertiary/aromatic N) is 2. The number of rotatable bonds is 5. The van der Waals surface area contributed by atoms with Crippen LogP contribution in [0.5, 0.6) is 11.5 Å². The Morgan fingerprint density at radius 3 is 2.57 bits per heavy atom. The van der Waals surface area contributed by atoms with Gasteiger partial charge in [-0.15, -0.1) is 0 Å². The molecule has 1 N–H and O–H groups in total. The van der Waals surface area contributed by atoms with E-state index >= 15 is 0 Å². The van der Waals surface area contributed by atoms with Gasteiger partial charge in [-0.25, -0.2) is 0 Å². The highest BCUT2D eigenvalue weighted by molar-refractivity contribution is 7.80. The van der Waals surface area contributed by atoms with Crippen LogP contribution in [0.25, 0.3) is 6.08 Å². The Kier molecular flexibility index (Phi) is 6.14. The van der Waals surface area contributed by atoms with E-state index in [2.05, 4.69) is 5.32 Å². The Bertz CT molecular complexity index is 1120. The van der Waals surface area contributed by atoms with Gasteiger partial charge in [0.05, 0.1) is 12.8 Å². The van der Waals surface area contributed by atoms with Crippen molar-refractivity contribution in [3.05, 3.63) is 58.7 Å². The fraction of sp³-hybridized carbons (Fsp3) is 0.182. The molecule has 0 atom stereocenters. The number of methoxy groups -OCH3 is 1. The van der Waals surface area contributed by atoms with E-state index in [-0.39, 0.29) is 17.3 Å². The van der Waals surface area contributed by atoms with Crippen LogP contribution >= 0.6 is 12.2 Å². The summed E-state index contributed by atoms with van der Waals surface area (Å²) < 4.78 is 10.6. The number of aryl methyl sites for hydroxylation is 2. The SMILES string of the molecule is COc1cc(/C=C2\C(=O)NC(=S)N(c3ccc(C)c(C)c3)C2=O)ccc1OCC#N. The Morgan fingerprint density at radius 2 is 1.90 bits per heavy atom. The van der Waals surface area contributed by atoms with E-state index in [0.717, 1.165) is 11.1 Å². The molecule has 2 amide bonds. The minimum Gasteiger partial charge on any atom is -0.493 e. The van der Waals surface area contributed by atoms with Gasteiger partial charge in [-0.2, -0.15) is 5.26 Å². The summed E-state index contributed by atoms with van der Waals surface area (Å²) in [5.41, 5.74) is 3.16. The first-order valence-electron chi connectivity index (χ1n) is 9.02. The van der Waals surface area contributed by atoms with Gasteiger partial charge in [0, 0.05) is 0 Å². The normalized spacial score (nSPS) is 15.1. The van der Waals surface area contributed by atoms with Crippen LogP contribution in [0.15, 0.2) is 42.0 Å². The summed E-state index contributed by atoms with van der Waals surface area (Å²) in [5, 5.41) is 11.3. The molecular formula is C22H19N3O4S. The first-order valence-corrected chi connectivity index (χ1v) is 9.43. The molecule has 0 aliphatic carbocycles. The molecule has 152 valence electrons. The third-order valence-electron chi connectivity index (χ3n) is 4.64. The average molecular weight is 421 g/mol. The number of nitriles is 1. The van der Waals surface area contributed by atoms with Gasteiger partial charge in [-0.3, -0.25) is 19.8 Å². The van der Waals surface area contributed by atoms with E-state index in [1.807, 2.05) is 32.0 Å². The number of amides is 2. The lowest BCUT2D eigenvalue weighted by molar-refractivity contribution is -0.122. The van der Waals surface area contributed by atoms with Crippen molar-refractivity contribution in [1.29, 1.82) is 5.26 Å². The molecule has 0 aromatic heterocycles. The smallest absolute Gasteiger partial charge is 0.270 e. The van der Waals surface area contributed by atoms with Crippen molar-refractivity contribution in [3.8, 4) is 17.6 Å². The maximum Gasteiger partial charge on any atom is 0.270 e. The lowest BCUT2D eigenvalue weighted by Crippen LogP contribution is -2.54. The summed E-state index contributed by atoms with van der Waals surface area (Å²) in [6.07, 6.45) is 1.46. The highest BCUT2D eigenvalue weighted by Crippen LogP contribution is 2.30. The number of benzene rings is 2. The molecule has 1 heterocycles. The first-order chi connectivity index (χ1) is 14.3. The number of thiocarbonyl (C=S) groups is 1. The van der Waals surface area contributed by atoms with Crippen molar-refractivity contribution >= 4 is 40.9 Å². The Balaban J connectivity index is 1.98. The minimum atomic E-state index is -0.575. The van der Waals surface area contributed by atoms with Crippen molar-refractivity contribution < 1.29 is 19.1 Å². The largest absolute Gasteiger partial charge is 0.493 e. The predicted octanol–water partition coefficient (Wildman–Crippen LogP) is 3.05. The molecule has 7 nitrogen and oxygen atoms in total. The van der Waals surface area contributed by atoms with Gasteiger partial charge in [0.15, 0.2) is 23.2 Å². The molecule has 30 heavy (non-hydrogen) atoms. The highest BCUT2D eigenvalue weighted by atomic mass is 32.1. The quantitative estimate of drug-likeness (QED) is 0.453. The third-order valence-corrected chi connectivity index (χ3v) is 4.93. The van der Waals surface area contributed by atoms with Gasteiger partial charge in [-0.1, -0.05) is 12.1 Å². The fourth-order valence-electron chi connectivity index (χ4n) is 2.93. The summed E-state index contributed by atoms with van der Waals surface area (Å²) in [7, 11) is 1.46. The van der Waals surface area contributed by atoms with E-state index < -0.39 is 11.8 Å². The van der Waals surface area contributed by atoms with Crippen LogP contribution in [-0.2, 0) is 9.59 Å². The third kappa shape index (κ3) is 4.16. The van der Waals surface area contributed by atoms with Gasteiger partial charge < -0.3 is 9.47 Å². The Labute approximate surface area is 179 Å². The highest BCUT2D eigenvalue weighted by Gasteiger charge is 2.34. The van der Waals surface area contributed by atoms with Crippen molar-refractivity contribution in [2.75, 3.05) is 18.6 Å². The molecule has 3 rings (SSSR count). The second-order valence-electron chi connectivity index (χ2n) is 6.58. The van der Waals surface area contributed by atoms with E-state index in [1.54, 1.807) is 24.3 Å². The van der Waals surface area contributed by atoms with Gasteiger partial charge in [0.1, 0.15) is 11.6 Å². The Hall–Kier alpha value is -3.70. The molecule has 1 aliphatic heterocycles. The number of hydrogen-bond donors (Lipinski definition) is 1. The molecular weight excluding hydrogens is 402 g/mol. The van der Waals surface area contributed by atoms with Gasteiger partial charge in [0.2, 0.25) is 0 Å². The fourth-order valence-corrected chi connectivity index (χ4v) is 3.21. The van der Waals surface area contributed by atoms with Crippen LogP contribution in [0.3, 0.4) is 0 Å². The van der Waals surface area contributed by atoms with Crippen molar-refractivity contribution in [2.24, 2.45) is 0 Å². The zero-order chi connectivity index (χ0) is 21.8. The number of hydrogen-bond acceptors (Lipinski definition) is 6. The molecule has 1 saturated heterocycles. The number of anilines is 1. The van der Waals surface area contributed by atoms with E-state index in [0.29, 0.717) is 22.7 Å². The average Bonchev–Trinajstić information content (AvgIpc) is 2.72. The molecule has 2 aromatic rings. The molecule has 0 radical (unpaired) electrons. The molecule has 8 heteroatoms. The summed E-state index contributed by atoms with van der Waals surface area (Å²) in [6.45, 7) is 3.79. The van der Waals surface area contributed by atoms with Crippen LogP contribution < -0.4 is 19.7 Å². The van der Waals surface area contributed by atoms with Crippen LogP contribution in [0, 0.1) is 25.2 Å². The van der Waals surface area contributed by atoms with Gasteiger partial charge in [0.25, 0.3) is 11.8 Å². The molecule has 1 fully saturated rings. The van der Waals surface area contributed by atoms with E-state index in [4.69, 9.17) is 27.0 Å². The van der Waals surface area contributed by atoms with Gasteiger partial charge in [-0.05, 0) is 73.1 Å². The maximum absolute atomic E-state index is 13.1. The first kappa shape index (κ1) is 21.0. The van der Waals surface area contributed by atoms with Crippen LogP contribution in [0.1, 0.15) is 16.7 Å². The number of nitrogens with one attached hydrogen (secondary N) is 1. The standard InChI is InChI=1S/C22H19N3O4S/c1-13-4-6-16(10-14(13)2)25-21(27)17(20(26)24-22(25)30)11-15-5-7-18(29-9-8-23)19(12-15)28-3/h4-7,10-12H,9H2,1-3H3,(H,24,26,30)/b17-11+. The van der Waals surface area contributed by atoms with Gasteiger partial charge >= 0.3 is 0 Å². The van der Waals surface area contributed by atoms with Crippen molar-refractivity contribution in [1.82, 2.24) is 5.32 Å². The predicted molar refractivity (Wildman–Crippen MR) is 116 cm³/mol. The number of carbonyl (C=O) groups excluding carboxylic acids is 2. The Morgan fingerprint density at radius 1 is 1.13 bits per heavy atom. The summed E-state index contributed by atoms with van der Waals surface area (Å²) >= 11 is 5.24. The van der Waals surface area contributed by atoms with Crippen LogP contribution in [0.2, 0.25) is 0 Å². The zero-order valence-electron chi connectivity index (χ0n) is 16.7. The molecule has 2 aromatic carbocycles. The summed E-state index contributed by atoms with van der Waals surface area (Å²) in [5.74, 6) is -0.326. The number of ether oxygens (including phenoxy) is 2. The van der Waals surface area contributed by atoms with Crippen molar-refractivity contribution in [3.63, 3.8) is 0 Å². The molecule has 1 aliphatic rings.